The molecule has 2 aliphatic rings. The Balaban J connectivity index is 1.55. The third-order valence-electron chi connectivity index (χ3n) is 5.24. The second-order valence-corrected chi connectivity index (χ2v) is 10.2. The zero-order chi connectivity index (χ0) is 21.3. The fourth-order valence-electron chi connectivity index (χ4n) is 3.69. The van der Waals surface area contributed by atoms with E-state index in [1.54, 1.807) is 51.2 Å². The minimum absolute atomic E-state index is 0.00327. The number of benzene rings is 1. The van der Waals surface area contributed by atoms with Gasteiger partial charge in [-0.2, -0.15) is 8.42 Å². The molecule has 0 radical (unpaired) electrons. The third kappa shape index (κ3) is 3.80. The maximum absolute atomic E-state index is 13.0. The number of anilines is 2. The van der Waals surface area contributed by atoms with Gasteiger partial charge in [0.15, 0.2) is 11.3 Å². The number of hydrogen-bond acceptors (Lipinski definition) is 8. The first-order valence-electron chi connectivity index (χ1n) is 9.50. The van der Waals surface area contributed by atoms with Crippen LogP contribution in [0.25, 0.3) is 0 Å². The minimum atomic E-state index is -3.76. The Morgan fingerprint density at radius 1 is 1.20 bits per heavy atom. The summed E-state index contributed by atoms with van der Waals surface area (Å²) < 4.78 is 38.1. The summed E-state index contributed by atoms with van der Waals surface area (Å²) in [5, 5.41) is 4.59. The van der Waals surface area contributed by atoms with Gasteiger partial charge in [0.05, 0.1) is 34.3 Å². The lowest BCUT2D eigenvalue weighted by atomic mass is 10.1. The SMILES string of the molecule is COC(OC)C1CN=C(C2Cc3cccc(N(C)S(=O)(=O)c4ccccn4)c3N2)S1. The van der Waals surface area contributed by atoms with E-state index in [4.69, 9.17) is 9.47 Å². The van der Waals surface area contributed by atoms with Crippen LogP contribution >= 0.6 is 11.8 Å². The molecule has 0 fully saturated rings. The molecule has 0 spiro atoms. The molecular formula is C20H24N4O4S2. The number of methoxy groups -OCH3 is 2. The summed E-state index contributed by atoms with van der Waals surface area (Å²) in [4.78, 5) is 8.70. The molecule has 1 aromatic carbocycles. The Bertz CT molecular complexity index is 1040. The fraction of sp³-hybridized carbons (Fsp3) is 0.400. The lowest BCUT2D eigenvalue weighted by Gasteiger charge is -2.22. The number of para-hydroxylation sites is 1. The van der Waals surface area contributed by atoms with Gasteiger partial charge in [-0.25, -0.2) is 4.98 Å². The van der Waals surface area contributed by atoms with Crippen molar-refractivity contribution in [3.8, 4) is 0 Å². The molecule has 2 atom stereocenters. The highest BCUT2D eigenvalue weighted by Gasteiger charge is 2.36. The van der Waals surface area contributed by atoms with Crippen molar-refractivity contribution in [2.75, 3.05) is 37.4 Å². The smallest absolute Gasteiger partial charge is 0.281 e. The van der Waals surface area contributed by atoms with Gasteiger partial charge in [-0.05, 0) is 23.8 Å². The van der Waals surface area contributed by atoms with Crippen LogP contribution in [0.4, 0.5) is 11.4 Å². The number of nitrogens with zero attached hydrogens (tertiary/aromatic N) is 3. The van der Waals surface area contributed by atoms with E-state index in [1.165, 1.54) is 16.6 Å². The van der Waals surface area contributed by atoms with Gasteiger partial charge in [0.1, 0.15) is 0 Å². The predicted octanol–water partition coefficient (Wildman–Crippen LogP) is 2.38. The molecule has 2 unspecified atom stereocenters. The van der Waals surface area contributed by atoms with E-state index in [-0.39, 0.29) is 22.6 Å². The highest BCUT2D eigenvalue weighted by Crippen LogP contribution is 2.40. The Labute approximate surface area is 180 Å². The van der Waals surface area contributed by atoms with E-state index in [0.717, 1.165) is 22.7 Å². The molecule has 1 aromatic heterocycles. The summed E-state index contributed by atoms with van der Waals surface area (Å²) in [6, 6.07) is 10.5. The van der Waals surface area contributed by atoms with Crippen molar-refractivity contribution in [3.63, 3.8) is 0 Å². The van der Waals surface area contributed by atoms with E-state index in [2.05, 4.69) is 15.3 Å². The summed E-state index contributed by atoms with van der Waals surface area (Å²) in [7, 11) is 1.04. The monoisotopic (exact) mass is 448 g/mol. The van der Waals surface area contributed by atoms with Gasteiger partial charge in [0.25, 0.3) is 10.0 Å². The predicted molar refractivity (Wildman–Crippen MR) is 119 cm³/mol. The van der Waals surface area contributed by atoms with E-state index < -0.39 is 10.0 Å². The second-order valence-electron chi connectivity index (χ2n) is 7.03. The Kier molecular flexibility index (Phi) is 6.01. The number of nitrogens with one attached hydrogen (secondary N) is 1. The average molecular weight is 449 g/mol. The Hall–Kier alpha value is -2.14. The van der Waals surface area contributed by atoms with Crippen LogP contribution in [-0.2, 0) is 25.9 Å². The Morgan fingerprint density at radius 2 is 2.00 bits per heavy atom. The molecule has 2 aromatic rings. The molecule has 4 rings (SSSR count). The summed E-state index contributed by atoms with van der Waals surface area (Å²) in [5.74, 6) is 0. The number of rotatable bonds is 7. The molecular weight excluding hydrogens is 424 g/mol. The van der Waals surface area contributed by atoms with Crippen molar-refractivity contribution < 1.29 is 17.9 Å². The van der Waals surface area contributed by atoms with E-state index >= 15 is 0 Å². The molecule has 160 valence electrons. The zero-order valence-corrected chi connectivity index (χ0v) is 18.6. The number of ether oxygens (including phenoxy) is 2. The van der Waals surface area contributed by atoms with Gasteiger partial charge in [-0.15, -0.1) is 0 Å². The normalized spacial score (nSPS) is 20.7. The zero-order valence-electron chi connectivity index (χ0n) is 17.0. The van der Waals surface area contributed by atoms with Gasteiger partial charge in [-0.1, -0.05) is 30.0 Å². The van der Waals surface area contributed by atoms with Gasteiger partial charge in [0.2, 0.25) is 0 Å². The summed E-state index contributed by atoms with van der Waals surface area (Å²) in [5.41, 5.74) is 2.46. The molecule has 0 aliphatic carbocycles. The number of thioether (sulfide) groups is 1. The van der Waals surface area contributed by atoms with Crippen molar-refractivity contribution in [1.82, 2.24) is 4.98 Å². The first-order chi connectivity index (χ1) is 14.5. The second kappa shape index (κ2) is 8.54. The summed E-state index contributed by atoms with van der Waals surface area (Å²) in [6.07, 6.45) is 1.90. The van der Waals surface area contributed by atoms with Gasteiger partial charge in [0, 0.05) is 33.9 Å². The molecule has 1 N–H and O–H groups in total. The molecule has 3 heterocycles. The van der Waals surface area contributed by atoms with Gasteiger partial charge >= 0.3 is 0 Å². The van der Waals surface area contributed by atoms with Crippen LogP contribution < -0.4 is 9.62 Å². The molecule has 10 heteroatoms. The number of hydrogen-bond donors (Lipinski definition) is 1. The third-order valence-corrected chi connectivity index (χ3v) is 8.26. The fourth-order valence-corrected chi connectivity index (χ4v) is 6.08. The first-order valence-corrected chi connectivity index (χ1v) is 11.8. The van der Waals surface area contributed by atoms with E-state index in [9.17, 15) is 8.42 Å². The van der Waals surface area contributed by atoms with Crippen molar-refractivity contribution in [2.24, 2.45) is 4.99 Å². The largest absolute Gasteiger partial charge is 0.374 e. The quantitative estimate of drug-likeness (QED) is 0.650. The highest BCUT2D eigenvalue weighted by molar-refractivity contribution is 8.15. The van der Waals surface area contributed by atoms with Crippen LogP contribution in [0.15, 0.2) is 52.6 Å². The van der Waals surface area contributed by atoms with Crippen molar-refractivity contribution in [1.29, 1.82) is 0 Å². The van der Waals surface area contributed by atoms with Crippen molar-refractivity contribution in [3.05, 3.63) is 48.2 Å². The van der Waals surface area contributed by atoms with Gasteiger partial charge < -0.3 is 14.8 Å². The van der Waals surface area contributed by atoms with Crippen molar-refractivity contribution >= 4 is 38.2 Å². The topological polar surface area (TPSA) is 93.1 Å². The molecule has 0 saturated carbocycles. The van der Waals surface area contributed by atoms with Crippen LogP contribution in [0.3, 0.4) is 0 Å². The first kappa shape index (κ1) is 21.1. The molecule has 30 heavy (non-hydrogen) atoms. The number of aromatic nitrogens is 1. The average Bonchev–Trinajstić information content (AvgIpc) is 3.42. The van der Waals surface area contributed by atoms with Crippen molar-refractivity contribution in [2.45, 2.75) is 29.0 Å². The lowest BCUT2D eigenvalue weighted by molar-refractivity contribution is -0.0994. The maximum atomic E-state index is 13.0. The maximum Gasteiger partial charge on any atom is 0.281 e. The van der Waals surface area contributed by atoms with Crippen LogP contribution in [0, 0.1) is 0 Å². The van der Waals surface area contributed by atoms with E-state index in [0.29, 0.717) is 12.2 Å². The molecule has 0 bridgehead atoms. The Morgan fingerprint density at radius 3 is 2.70 bits per heavy atom. The molecule has 2 aliphatic heterocycles. The number of pyridine rings is 1. The van der Waals surface area contributed by atoms with Crippen LogP contribution in [0.2, 0.25) is 0 Å². The van der Waals surface area contributed by atoms with Gasteiger partial charge in [-0.3, -0.25) is 9.30 Å². The molecule has 8 nitrogen and oxygen atoms in total. The number of sulfonamides is 1. The number of fused-ring (bicyclic) bond motifs is 1. The minimum Gasteiger partial charge on any atom is -0.374 e. The van der Waals surface area contributed by atoms with E-state index in [1.807, 2.05) is 12.1 Å². The van der Waals surface area contributed by atoms with Crippen LogP contribution in [-0.4, -0.2) is 63.8 Å². The number of aliphatic imine (C=N–C) groups is 1. The summed E-state index contributed by atoms with van der Waals surface area (Å²) in [6.45, 7) is 0.627. The van der Waals surface area contributed by atoms with Crippen LogP contribution in [0.5, 0.6) is 0 Å². The lowest BCUT2D eigenvalue weighted by Crippen LogP contribution is -2.30. The molecule has 0 amide bonds. The van der Waals surface area contributed by atoms with Crippen LogP contribution in [0.1, 0.15) is 5.56 Å². The summed E-state index contributed by atoms with van der Waals surface area (Å²) >= 11 is 1.65. The standard InChI is InChI=1S/C20H24N4O4S2/c1-24(30(25,26)17-9-4-5-10-21-17)15-8-6-7-13-11-14(23-18(13)15)19-22-12-16(29-19)20(27-2)28-3/h4-10,14,16,20,23H,11-12H2,1-3H3. The molecule has 0 saturated heterocycles. The highest BCUT2D eigenvalue weighted by atomic mass is 32.2.